The number of hydrogen-bond donors (Lipinski definition) is 3. The van der Waals surface area contributed by atoms with Gasteiger partial charge in [0.2, 0.25) is 5.75 Å². The van der Waals surface area contributed by atoms with Crippen molar-refractivity contribution in [3.05, 3.63) is 41.5 Å². The highest BCUT2D eigenvalue weighted by atomic mass is 16.5. The Hall–Kier alpha value is -3.42. The number of para-hydroxylation sites is 1. The van der Waals surface area contributed by atoms with Crippen LogP contribution in [0.4, 0.5) is 0 Å². The first-order valence-corrected chi connectivity index (χ1v) is 7.16. The maximum atomic E-state index is 12.2. The van der Waals surface area contributed by atoms with Crippen molar-refractivity contribution in [2.24, 2.45) is 5.10 Å². The Kier molecular flexibility index (Phi) is 5.67. The zero-order valence-electron chi connectivity index (χ0n) is 13.9. The summed E-state index contributed by atoms with van der Waals surface area (Å²) in [7, 11) is 4.36. The van der Waals surface area contributed by atoms with Gasteiger partial charge in [-0.25, -0.2) is 5.43 Å². The predicted octanol–water partition coefficient (Wildman–Crippen LogP) is 1.89. The fourth-order valence-electron chi connectivity index (χ4n) is 2.09. The average Bonchev–Trinajstić information content (AvgIpc) is 2.63. The Morgan fingerprint density at radius 1 is 1.08 bits per heavy atom. The van der Waals surface area contributed by atoms with Gasteiger partial charge in [0.05, 0.1) is 27.5 Å². The van der Waals surface area contributed by atoms with E-state index in [0.717, 1.165) is 0 Å². The van der Waals surface area contributed by atoms with E-state index in [2.05, 4.69) is 10.5 Å². The summed E-state index contributed by atoms with van der Waals surface area (Å²) in [5.74, 6) is -0.0821. The molecule has 0 atom stereocenters. The van der Waals surface area contributed by atoms with Gasteiger partial charge in [0.1, 0.15) is 0 Å². The fraction of sp³-hybridized carbons (Fsp3) is 0.176. The van der Waals surface area contributed by atoms with Crippen molar-refractivity contribution in [3.8, 4) is 28.7 Å². The molecule has 2 aromatic carbocycles. The molecule has 2 rings (SSSR count). The van der Waals surface area contributed by atoms with Gasteiger partial charge in [-0.1, -0.05) is 6.07 Å². The second-order valence-corrected chi connectivity index (χ2v) is 4.83. The molecule has 25 heavy (non-hydrogen) atoms. The van der Waals surface area contributed by atoms with Gasteiger partial charge in [0.25, 0.3) is 5.91 Å². The predicted molar refractivity (Wildman–Crippen MR) is 90.9 cm³/mol. The van der Waals surface area contributed by atoms with Crippen LogP contribution in [0.1, 0.15) is 15.9 Å². The molecule has 0 saturated carbocycles. The monoisotopic (exact) mass is 346 g/mol. The molecule has 0 aliphatic carbocycles. The second-order valence-electron chi connectivity index (χ2n) is 4.83. The summed E-state index contributed by atoms with van der Waals surface area (Å²) in [4.78, 5) is 12.2. The molecular weight excluding hydrogens is 328 g/mol. The summed E-state index contributed by atoms with van der Waals surface area (Å²) < 4.78 is 15.6. The summed E-state index contributed by atoms with van der Waals surface area (Å²) >= 11 is 0. The summed E-state index contributed by atoms with van der Waals surface area (Å²) in [6, 6.07) is 7.37. The number of hydrazone groups is 1. The van der Waals surface area contributed by atoms with Crippen LogP contribution in [0.15, 0.2) is 35.4 Å². The molecule has 0 heterocycles. The van der Waals surface area contributed by atoms with Crippen molar-refractivity contribution in [1.82, 2.24) is 5.43 Å². The fourth-order valence-corrected chi connectivity index (χ4v) is 2.09. The van der Waals surface area contributed by atoms with Crippen molar-refractivity contribution in [2.75, 3.05) is 21.3 Å². The van der Waals surface area contributed by atoms with E-state index < -0.39 is 5.91 Å². The number of carbonyl (C=O) groups excluding carboxylic acids is 1. The highest BCUT2D eigenvalue weighted by Gasteiger charge is 2.16. The molecule has 0 fully saturated rings. The smallest absolute Gasteiger partial charge is 0.271 e. The number of aromatic hydroxyl groups is 2. The van der Waals surface area contributed by atoms with E-state index in [1.807, 2.05) is 0 Å². The number of carbonyl (C=O) groups is 1. The van der Waals surface area contributed by atoms with Gasteiger partial charge in [-0.2, -0.15) is 5.10 Å². The van der Waals surface area contributed by atoms with Gasteiger partial charge < -0.3 is 24.4 Å². The van der Waals surface area contributed by atoms with Crippen LogP contribution >= 0.6 is 0 Å². The summed E-state index contributed by atoms with van der Waals surface area (Å²) in [6.07, 6.45) is 1.21. The van der Waals surface area contributed by atoms with Crippen molar-refractivity contribution in [1.29, 1.82) is 0 Å². The quantitative estimate of drug-likeness (QED) is 0.419. The molecule has 0 aliphatic heterocycles. The van der Waals surface area contributed by atoms with Crippen LogP contribution in [-0.2, 0) is 0 Å². The van der Waals surface area contributed by atoms with Crippen LogP contribution in [0, 0.1) is 0 Å². The number of hydrogen-bond acceptors (Lipinski definition) is 7. The van der Waals surface area contributed by atoms with Crippen LogP contribution < -0.4 is 19.6 Å². The Bertz CT molecular complexity index is 779. The number of amides is 1. The molecule has 0 spiro atoms. The first-order valence-electron chi connectivity index (χ1n) is 7.16. The number of ether oxygens (including phenoxy) is 3. The van der Waals surface area contributed by atoms with E-state index in [-0.39, 0.29) is 22.6 Å². The third kappa shape index (κ3) is 3.92. The standard InChI is InChI=1S/C17H18N2O6/c1-23-13-7-11(8-14(24-2)16(13)25-3)17(22)19-18-9-10-5-4-6-12(20)15(10)21/h4-9,20-21H,1-3H3,(H,19,22). The molecule has 0 radical (unpaired) electrons. The van der Waals surface area contributed by atoms with Gasteiger partial charge in [0.15, 0.2) is 23.0 Å². The molecule has 8 nitrogen and oxygen atoms in total. The van der Waals surface area contributed by atoms with Gasteiger partial charge in [-0.15, -0.1) is 0 Å². The summed E-state index contributed by atoms with van der Waals surface area (Å²) in [5.41, 5.74) is 2.82. The number of methoxy groups -OCH3 is 3. The van der Waals surface area contributed by atoms with E-state index in [0.29, 0.717) is 17.2 Å². The molecule has 0 aliphatic rings. The molecule has 3 N–H and O–H groups in total. The largest absolute Gasteiger partial charge is 0.504 e. The van der Waals surface area contributed by atoms with E-state index in [4.69, 9.17) is 14.2 Å². The number of benzene rings is 2. The SMILES string of the molecule is COc1cc(C(=O)NN=Cc2cccc(O)c2O)cc(OC)c1OC. The lowest BCUT2D eigenvalue weighted by Crippen LogP contribution is -2.18. The third-order valence-electron chi connectivity index (χ3n) is 3.34. The number of phenols is 2. The van der Waals surface area contributed by atoms with Gasteiger partial charge in [0, 0.05) is 11.1 Å². The van der Waals surface area contributed by atoms with E-state index in [1.54, 1.807) is 0 Å². The van der Waals surface area contributed by atoms with Gasteiger partial charge in [-0.05, 0) is 24.3 Å². The van der Waals surface area contributed by atoms with E-state index in [9.17, 15) is 15.0 Å². The lowest BCUT2D eigenvalue weighted by atomic mass is 10.1. The highest BCUT2D eigenvalue weighted by Crippen LogP contribution is 2.38. The first-order chi connectivity index (χ1) is 12.0. The summed E-state index contributed by atoms with van der Waals surface area (Å²) in [5, 5.41) is 22.9. The Labute approximate surface area is 144 Å². The zero-order chi connectivity index (χ0) is 18.4. The molecule has 0 saturated heterocycles. The lowest BCUT2D eigenvalue weighted by Gasteiger charge is -2.13. The topological polar surface area (TPSA) is 110 Å². The third-order valence-corrected chi connectivity index (χ3v) is 3.34. The maximum Gasteiger partial charge on any atom is 0.271 e. The van der Waals surface area contributed by atoms with Crippen molar-refractivity contribution < 1.29 is 29.2 Å². The Balaban J connectivity index is 2.21. The Morgan fingerprint density at radius 2 is 1.72 bits per heavy atom. The number of phenolic OH excluding ortho intramolecular Hbond substituents is 2. The molecule has 0 unspecified atom stereocenters. The van der Waals surface area contributed by atoms with Crippen LogP contribution in [0.5, 0.6) is 28.7 Å². The molecule has 1 amide bonds. The van der Waals surface area contributed by atoms with Crippen LogP contribution in [0.3, 0.4) is 0 Å². The zero-order valence-corrected chi connectivity index (χ0v) is 13.9. The normalized spacial score (nSPS) is 10.5. The average molecular weight is 346 g/mol. The van der Waals surface area contributed by atoms with E-state index >= 15 is 0 Å². The highest BCUT2D eigenvalue weighted by molar-refractivity contribution is 5.96. The van der Waals surface area contributed by atoms with Crippen LogP contribution in [0.25, 0.3) is 0 Å². The summed E-state index contributed by atoms with van der Waals surface area (Å²) in [6.45, 7) is 0. The minimum absolute atomic E-state index is 0.242. The van der Waals surface area contributed by atoms with Crippen molar-refractivity contribution in [2.45, 2.75) is 0 Å². The van der Waals surface area contributed by atoms with Gasteiger partial charge >= 0.3 is 0 Å². The minimum atomic E-state index is -0.518. The van der Waals surface area contributed by atoms with Gasteiger partial charge in [-0.3, -0.25) is 4.79 Å². The minimum Gasteiger partial charge on any atom is -0.504 e. The number of nitrogens with zero attached hydrogens (tertiary/aromatic N) is 1. The Morgan fingerprint density at radius 3 is 2.28 bits per heavy atom. The van der Waals surface area contributed by atoms with Crippen LogP contribution in [0.2, 0.25) is 0 Å². The number of nitrogens with one attached hydrogen (secondary N) is 1. The van der Waals surface area contributed by atoms with Crippen molar-refractivity contribution >= 4 is 12.1 Å². The molecule has 0 bridgehead atoms. The molecular formula is C17H18N2O6. The molecule has 8 heteroatoms. The maximum absolute atomic E-state index is 12.2. The second kappa shape index (κ2) is 7.91. The lowest BCUT2D eigenvalue weighted by molar-refractivity contribution is 0.0954. The molecule has 0 aromatic heterocycles. The molecule has 132 valence electrons. The van der Waals surface area contributed by atoms with E-state index in [1.165, 1.54) is 57.9 Å². The molecule has 2 aromatic rings. The van der Waals surface area contributed by atoms with Crippen LogP contribution in [-0.4, -0.2) is 43.7 Å². The first kappa shape index (κ1) is 17.9. The number of rotatable bonds is 6. The van der Waals surface area contributed by atoms with Crippen molar-refractivity contribution in [3.63, 3.8) is 0 Å².